The zero-order valence-corrected chi connectivity index (χ0v) is 13.1. The number of ketones is 1. The van der Waals surface area contributed by atoms with E-state index in [0.29, 0.717) is 22.2 Å². The van der Waals surface area contributed by atoms with E-state index in [0.717, 1.165) is 11.3 Å². The van der Waals surface area contributed by atoms with Crippen LogP contribution in [-0.2, 0) is 6.42 Å². The molecule has 7 heteroatoms. The first-order valence-corrected chi connectivity index (χ1v) is 7.60. The van der Waals surface area contributed by atoms with Gasteiger partial charge in [-0.2, -0.15) is 5.10 Å². The Balaban J connectivity index is 1.67. The quantitative estimate of drug-likeness (QED) is 0.421. The van der Waals surface area contributed by atoms with Gasteiger partial charge in [0.15, 0.2) is 17.3 Å². The monoisotopic (exact) mass is 338 g/mol. The molecule has 0 fully saturated rings. The Morgan fingerprint density at radius 1 is 1.21 bits per heavy atom. The van der Waals surface area contributed by atoms with Crippen LogP contribution in [0.1, 0.15) is 16.2 Å². The van der Waals surface area contributed by atoms with Gasteiger partial charge in [-0.15, -0.1) is 0 Å². The predicted octanol–water partition coefficient (Wildman–Crippen LogP) is 3.46. The van der Waals surface area contributed by atoms with Gasteiger partial charge in [0.25, 0.3) is 0 Å². The minimum Gasteiger partial charge on any atom is -0.472 e. The first-order valence-electron chi connectivity index (χ1n) is 7.23. The van der Waals surface area contributed by atoms with Crippen molar-refractivity contribution in [2.75, 3.05) is 0 Å². The molecule has 0 bridgehead atoms. The highest BCUT2D eigenvalue weighted by molar-refractivity contribution is 6.29. The smallest absolute Gasteiger partial charge is 0.172 e. The van der Waals surface area contributed by atoms with Crippen molar-refractivity contribution >= 4 is 23.0 Å². The summed E-state index contributed by atoms with van der Waals surface area (Å²) in [7, 11) is 0. The molecule has 4 aromatic rings. The van der Waals surface area contributed by atoms with Crippen LogP contribution in [0.25, 0.3) is 16.9 Å². The van der Waals surface area contributed by atoms with Crippen LogP contribution >= 0.6 is 11.6 Å². The average Bonchev–Trinajstić information content (AvgIpc) is 3.24. The third kappa shape index (κ3) is 2.68. The molecule has 0 radical (unpaired) electrons. The molecule has 118 valence electrons. The molecule has 0 spiro atoms. The first kappa shape index (κ1) is 14.6. The zero-order chi connectivity index (χ0) is 16.5. The average molecular weight is 339 g/mol. The number of carbonyl (C=O) groups excluding carboxylic acids is 1. The topological polar surface area (TPSA) is 73.3 Å². The van der Waals surface area contributed by atoms with Gasteiger partial charge in [-0.05, 0) is 30.3 Å². The Bertz CT molecular complexity index is 1010. The van der Waals surface area contributed by atoms with E-state index < -0.39 is 0 Å². The van der Waals surface area contributed by atoms with Crippen molar-refractivity contribution in [1.82, 2.24) is 19.6 Å². The van der Waals surface area contributed by atoms with E-state index in [-0.39, 0.29) is 12.2 Å². The number of hydrogen-bond acceptors (Lipinski definition) is 5. The molecule has 4 rings (SSSR count). The second-order valence-corrected chi connectivity index (χ2v) is 5.58. The van der Waals surface area contributed by atoms with E-state index in [4.69, 9.17) is 16.0 Å². The van der Waals surface area contributed by atoms with Gasteiger partial charge in [-0.1, -0.05) is 17.7 Å². The standard InChI is InChI=1S/C17H11ClN4O2/c18-15-5-4-11(9-19-15)14(23)8-16-20-17-3-1-2-13(22(17)21-16)12-6-7-24-10-12/h1-7,9-10H,8H2. The van der Waals surface area contributed by atoms with Gasteiger partial charge in [0.05, 0.1) is 24.6 Å². The maximum absolute atomic E-state index is 12.3. The fraction of sp³-hybridized carbons (Fsp3) is 0.0588. The van der Waals surface area contributed by atoms with Crippen molar-refractivity contribution < 1.29 is 9.21 Å². The van der Waals surface area contributed by atoms with Gasteiger partial charge in [0, 0.05) is 17.3 Å². The Morgan fingerprint density at radius 2 is 2.12 bits per heavy atom. The van der Waals surface area contributed by atoms with E-state index in [1.165, 1.54) is 6.20 Å². The number of nitrogens with zero attached hydrogens (tertiary/aromatic N) is 4. The predicted molar refractivity (Wildman–Crippen MR) is 88.0 cm³/mol. The van der Waals surface area contributed by atoms with Crippen molar-refractivity contribution in [3.63, 3.8) is 0 Å². The number of halogens is 1. The van der Waals surface area contributed by atoms with Crippen LogP contribution in [0.3, 0.4) is 0 Å². The van der Waals surface area contributed by atoms with Crippen LogP contribution in [0.4, 0.5) is 0 Å². The lowest BCUT2D eigenvalue weighted by Crippen LogP contribution is -2.05. The van der Waals surface area contributed by atoms with Crippen LogP contribution in [0.15, 0.2) is 59.5 Å². The fourth-order valence-electron chi connectivity index (χ4n) is 2.44. The van der Waals surface area contributed by atoms with Crippen LogP contribution < -0.4 is 0 Å². The summed E-state index contributed by atoms with van der Waals surface area (Å²) in [5, 5.41) is 4.80. The number of Topliss-reactive ketones (excluding diaryl/α,β-unsaturated/α-hetero) is 1. The number of fused-ring (bicyclic) bond motifs is 1. The van der Waals surface area contributed by atoms with E-state index in [2.05, 4.69) is 15.1 Å². The Labute approximate surface area is 141 Å². The molecule has 0 saturated carbocycles. The molecular formula is C17H11ClN4O2. The van der Waals surface area contributed by atoms with Crippen molar-refractivity contribution in [2.45, 2.75) is 6.42 Å². The number of rotatable bonds is 4. The second kappa shape index (κ2) is 5.90. The molecule has 24 heavy (non-hydrogen) atoms. The molecule has 4 aromatic heterocycles. The highest BCUT2D eigenvalue weighted by Crippen LogP contribution is 2.20. The molecule has 6 nitrogen and oxygen atoms in total. The molecule has 0 aliphatic rings. The molecule has 0 unspecified atom stereocenters. The summed E-state index contributed by atoms with van der Waals surface area (Å²) in [6.07, 6.45) is 4.79. The van der Waals surface area contributed by atoms with Crippen LogP contribution in [0, 0.1) is 0 Å². The van der Waals surface area contributed by atoms with E-state index in [1.54, 1.807) is 29.2 Å². The van der Waals surface area contributed by atoms with Gasteiger partial charge in [-0.3, -0.25) is 4.79 Å². The summed E-state index contributed by atoms with van der Waals surface area (Å²) < 4.78 is 6.83. The summed E-state index contributed by atoms with van der Waals surface area (Å²) in [6.45, 7) is 0. The van der Waals surface area contributed by atoms with Gasteiger partial charge < -0.3 is 4.42 Å². The third-order valence-corrected chi connectivity index (χ3v) is 3.81. The van der Waals surface area contributed by atoms with Crippen LogP contribution in [0.5, 0.6) is 0 Å². The van der Waals surface area contributed by atoms with E-state index >= 15 is 0 Å². The fourth-order valence-corrected chi connectivity index (χ4v) is 2.55. The summed E-state index contributed by atoms with van der Waals surface area (Å²) in [4.78, 5) is 20.7. The number of furan rings is 1. The molecule has 4 heterocycles. The number of hydrogen-bond donors (Lipinski definition) is 0. The SMILES string of the molecule is O=C(Cc1nc2cccc(-c3ccoc3)n2n1)c1ccc(Cl)nc1. The van der Waals surface area contributed by atoms with Crippen molar-refractivity contribution in [3.8, 4) is 11.3 Å². The lowest BCUT2D eigenvalue weighted by atomic mass is 10.1. The zero-order valence-electron chi connectivity index (χ0n) is 12.4. The van der Waals surface area contributed by atoms with Gasteiger partial charge in [0.1, 0.15) is 5.15 Å². The molecule has 0 aliphatic carbocycles. The molecule has 0 N–H and O–H groups in total. The van der Waals surface area contributed by atoms with Crippen molar-refractivity contribution in [2.24, 2.45) is 0 Å². The molecule has 0 saturated heterocycles. The Kier molecular flexibility index (Phi) is 3.59. The minimum absolute atomic E-state index is 0.0931. The minimum atomic E-state index is -0.111. The molecule has 0 aliphatic heterocycles. The summed E-state index contributed by atoms with van der Waals surface area (Å²) >= 11 is 5.74. The van der Waals surface area contributed by atoms with Crippen LogP contribution in [0.2, 0.25) is 5.15 Å². The largest absolute Gasteiger partial charge is 0.472 e. The van der Waals surface area contributed by atoms with Gasteiger partial charge in [-0.25, -0.2) is 14.5 Å². The normalized spacial score (nSPS) is 11.0. The molecule has 0 atom stereocenters. The maximum Gasteiger partial charge on any atom is 0.172 e. The summed E-state index contributed by atoms with van der Waals surface area (Å²) in [5.74, 6) is 0.339. The lowest BCUT2D eigenvalue weighted by molar-refractivity contribution is 0.0990. The maximum atomic E-state index is 12.3. The highest BCUT2D eigenvalue weighted by Gasteiger charge is 2.14. The first-order chi connectivity index (χ1) is 11.7. The number of aromatic nitrogens is 4. The number of pyridine rings is 2. The van der Waals surface area contributed by atoms with Crippen LogP contribution in [-0.4, -0.2) is 25.4 Å². The third-order valence-electron chi connectivity index (χ3n) is 3.59. The number of carbonyl (C=O) groups is 1. The second-order valence-electron chi connectivity index (χ2n) is 5.19. The molecule has 0 aromatic carbocycles. The molecule has 0 amide bonds. The summed E-state index contributed by atoms with van der Waals surface area (Å²) in [5.41, 5.74) is 2.89. The van der Waals surface area contributed by atoms with Crippen molar-refractivity contribution in [1.29, 1.82) is 0 Å². The van der Waals surface area contributed by atoms with E-state index in [9.17, 15) is 4.79 Å². The lowest BCUT2D eigenvalue weighted by Gasteiger charge is -1.99. The van der Waals surface area contributed by atoms with E-state index in [1.807, 2.05) is 24.3 Å². The van der Waals surface area contributed by atoms with Gasteiger partial charge in [0.2, 0.25) is 0 Å². The van der Waals surface area contributed by atoms with Gasteiger partial charge >= 0.3 is 0 Å². The van der Waals surface area contributed by atoms with Crippen molar-refractivity contribution in [3.05, 3.63) is 71.7 Å². The Hall–Kier alpha value is -2.99. The highest BCUT2D eigenvalue weighted by atomic mass is 35.5. The molecular weight excluding hydrogens is 328 g/mol. The summed E-state index contributed by atoms with van der Waals surface area (Å²) in [6, 6.07) is 10.7. The Morgan fingerprint density at radius 3 is 2.88 bits per heavy atom.